The van der Waals surface area contributed by atoms with Crippen LogP contribution in [0.2, 0.25) is 0 Å². The quantitative estimate of drug-likeness (QED) is 0.810. The van der Waals surface area contributed by atoms with E-state index in [2.05, 4.69) is 5.16 Å². The number of hydrogen-bond donors (Lipinski definition) is 1. The van der Waals surface area contributed by atoms with Crippen molar-refractivity contribution in [2.75, 3.05) is 26.7 Å². The van der Waals surface area contributed by atoms with Gasteiger partial charge in [-0.15, -0.1) is 0 Å². The van der Waals surface area contributed by atoms with E-state index in [-0.39, 0.29) is 24.9 Å². The molecule has 1 fully saturated rings. The second-order valence-corrected chi connectivity index (χ2v) is 7.17. The van der Waals surface area contributed by atoms with Gasteiger partial charge in [-0.2, -0.15) is 0 Å². The molecule has 142 valence electrons. The largest absolute Gasteiger partial charge is 0.481 e. The van der Waals surface area contributed by atoms with E-state index in [1.165, 1.54) is 9.80 Å². The molecule has 1 aliphatic carbocycles. The van der Waals surface area contributed by atoms with E-state index in [4.69, 9.17) is 9.63 Å². The number of fused-ring (bicyclic) bond motifs is 1. The number of likely N-dealkylation sites (tertiary alicyclic amines) is 1. The van der Waals surface area contributed by atoms with Crippen LogP contribution in [0.25, 0.3) is 0 Å². The molecule has 0 bridgehead atoms. The third-order valence-corrected chi connectivity index (χ3v) is 5.25. The summed E-state index contributed by atoms with van der Waals surface area (Å²) in [5.74, 6) is -1.18. The first-order chi connectivity index (χ1) is 12.5. The molecule has 1 saturated heterocycles. The van der Waals surface area contributed by atoms with Crippen molar-refractivity contribution in [1.29, 1.82) is 0 Å². The summed E-state index contributed by atoms with van der Waals surface area (Å²) in [4.78, 5) is 39.2. The molecule has 1 aromatic heterocycles. The maximum absolute atomic E-state index is 12.7. The first kappa shape index (κ1) is 18.4. The lowest BCUT2D eigenvalue weighted by atomic mass is 9.98. The van der Waals surface area contributed by atoms with E-state index >= 15 is 0 Å². The summed E-state index contributed by atoms with van der Waals surface area (Å²) in [7, 11) is 1.57. The molecule has 8 nitrogen and oxygen atoms in total. The highest BCUT2D eigenvalue weighted by molar-refractivity contribution is 5.96. The minimum atomic E-state index is -0.878. The third kappa shape index (κ3) is 3.89. The Morgan fingerprint density at radius 3 is 2.77 bits per heavy atom. The highest BCUT2D eigenvalue weighted by Gasteiger charge is 2.30. The fourth-order valence-corrected chi connectivity index (χ4v) is 3.69. The van der Waals surface area contributed by atoms with Crippen LogP contribution in [0.5, 0.6) is 0 Å². The Bertz CT molecular complexity index is 699. The molecule has 0 aromatic carbocycles. The Morgan fingerprint density at radius 2 is 2.00 bits per heavy atom. The van der Waals surface area contributed by atoms with Gasteiger partial charge in [-0.05, 0) is 32.1 Å². The first-order valence-electron chi connectivity index (χ1n) is 9.21. The first-order valence-corrected chi connectivity index (χ1v) is 9.21. The maximum atomic E-state index is 12.7. The molecule has 1 aliphatic heterocycles. The average molecular weight is 363 g/mol. The molecule has 2 heterocycles. The van der Waals surface area contributed by atoms with Gasteiger partial charge in [-0.3, -0.25) is 14.4 Å². The van der Waals surface area contributed by atoms with Crippen molar-refractivity contribution in [1.82, 2.24) is 15.0 Å². The topological polar surface area (TPSA) is 104 Å². The summed E-state index contributed by atoms with van der Waals surface area (Å²) in [5, 5.41) is 13.1. The maximum Gasteiger partial charge on any atom is 0.308 e. The number of likely N-dealkylation sites (N-methyl/N-ethyl adjacent to an activating group) is 1. The van der Waals surface area contributed by atoms with Gasteiger partial charge in [0.1, 0.15) is 5.76 Å². The summed E-state index contributed by atoms with van der Waals surface area (Å²) in [6.07, 6.45) is 5.95. The van der Waals surface area contributed by atoms with Crippen molar-refractivity contribution in [2.45, 2.75) is 44.9 Å². The van der Waals surface area contributed by atoms with E-state index in [1.54, 1.807) is 7.05 Å². The Morgan fingerprint density at radius 1 is 1.23 bits per heavy atom. The second kappa shape index (κ2) is 7.88. The summed E-state index contributed by atoms with van der Waals surface area (Å²) in [6.45, 7) is 0.645. The normalized spacial score (nSPS) is 20.2. The van der Waals surface area contributed by atoms with Crippen molar-refractivity contribution in [2.24, 2.45) is 5.92 Å². The number of carboxylic acid groups (broad SMARTS) is 1. The van der Waals surface area contributed by atoms with Gasteiger partial charge in [0.25, 0.3) is 5.91 Å². The van der Waals surface area contributed by atoms with E-state index in [0.717, 1.165) is 43.4 Å². The van der Waals surface area contributed by atoms with E-state index < -0.39 is 11.9 Å². The van der Waals surface area contributed by atoms with Crippen LogP contribution in [-0.2, 0) is 22.4 Å². The van der Waals surface area contributed by atoms with Gasteiger partial charge in [-0.25, -0.2) is 0 Å². The number of nitrogens with zero attached hydrogens (tertiary/aromatic N) is 3. The zero-order valence-electron chi connectivity index (χ0n) is 15.1. The standard InChI is InChI=1S/C18H25N3O5/c1-20(11-15(22)21-9-5-6-12(10-21)18(24)25)17(23)16-13-7-3-2-4-8-14(13)26-19-16/h12H,2-11H2,1H3,(H,24,25). The van der Waals surface area contributed by atoms with Crippen molar-refractivity contribution in [3.63, 3.8) is 0 Å². The van der Waals surface area contributed by atoms with Gasteiger partial charge in [0.05, 0.1) is 12.5 Å². The monoisotopic (exact) mass is 363 g/mol. The second-order valence-electron chi connectivity index (χ2n) is 7.17. The van der Waals surface area contributed by atoms with Gasteiger partial charge in [-0.1, -0.05) is 11.6 Å². The van der Waals surface area contributed by atoms with Gasteiger partial charge >= 0.3 is 5.97 Å². The molecule has 1 unspecified atom stereocenters. The molecule has 0 saturated carbocycles. The zero-order chi connectivity index (χ0) is 18.7. The van der Waals surface area contributed by atoms with Crippen molar-refractivity contribution in [3.8, 4) is 0 Å². The van der Waals surface area contributed by atoms with Crippen LogP contribution in [-0.4, -0.2) is 64.5 Å². The highest BCUT2D eigenvalue weighted by Crippen LogP contribution is 2.24. The smallest absolute Gasteiger partial charge is 0.308 e. The number of amides is 2. The lowest BCUT2D eigenvalue weighted by molar-refractivity contribution is -0.145. The molecule has 3 rings (SSSR count). The van der Waals surface area contributed by atoms with Gasteiger partial charge in [0, 0.05) is 32.1 Å². The number of carbonyl (C=O) groups excluding carboxylic acids is 2. The molecule has 2 amide bonds. The number of aliphatic carboxylic acids is 1. The van der Waals surface area contributed by atoms with Crippen LogP contribution in [0.15, 0.2) is 4.52 Å². The molecule has 26 heavy (non-hydrogen) atoms. The number of aryl methyl sites for hydroxylation is 1. The molecular weight excluding hydrogens is 338 g/mol. The van der Waals surface area contributed by atoms with Crippen LogP contribution < -0.4 is 0 Å². The number of carboxylic acids is 1. The SMILES string of the molecule is CN(CC(=O)N1CCCC(C(=O)O)C1)C(=O)c1noc2c1CCCCC2. The lowest BCUT2D eigenvalue weighted by Crippen LogP contribution is -2.47. The molecule has 2 aliphatic rings. The Kier molecular flexibility index (Phi) is 5.58. The van der Waals surface area contributed by atoms with Crippen LogP contribution in [0.3, 0.4) is 0 Å². The van der Waals surface area contributed by atoms with Crippen molar-refractivity contribution in [3.05, 3.63) is 17.0 Å². The fraction of sp³-hybridized carbons (Fsp3) is 0.667. The number of rotatable bonds is 4. The van der Waals surface area contributed by atoms with Crippen molar-refractivity contribution >= 4 is 17.8 Å². The summed E-state index contributed by atoms with van der Waals surface area (Å²) < 4.78 is 5.34. The molecular formula is C18H25N3O5. The molecule has 1 aromatic rings. The van der Waals surface area contributed by atoms with Crippen LogP contribution in [0.1, 0.15) is 53.9 Å². The van der Waals surface area contributed by atoms with E-state index in [0.29, 0.717) is 25.1 Å². The number of hydrogen-bond acceptors (Lipinski definition) is 5. The molecule has 0 spiro atoms. The average Bonchev–Trinajstić information content (AvgIpc) is 2.89. The van der Waals surface area contributed by atoms with Crippen molar-refractivity contribution < 1.29 is 24.0 Å². The van der Waals surface area contributed by atoms with E-state index in [9.17, 15) is 14.4 Å². The summed E-state index contributed by atoms with van der Waals surface area (Å²) >= 11 is 0. The van der Waals surface area contributed by atoms with Gasteiger partial charge in [0.2, 0.25) is 5.91 Å². The number of carbonyl (C=O) groups is 3. The Labute approximate surface area is 152 Å². The number of piperidine rings is 1. The molecule has 8 heteroatoms. The fourth-order valence-electron chi connectivity index (χ4n) is 3.69. The lowest BCUT2D eigenvalue weighted by Gasteiger charge is -2.31. The summed E-state index contributed by atoms with van der Waals surface area (Å²) in [6, 6.07) is 0. The van der Waals surface area contributed by atoms with E-state index in [1.807, 2.05) is 0 Å². The predicted octanol–water partition coefficient (Wildman–Crippen LogP) is 1.34. The predicted molar refractivity (Wildman–Crippen MR) is 91.7 cm³/mol. The number of aromatic nitrogens is 1. The van der Waals surface area contributed by atoms with Gasteiger partial charge < -0.3 is 19.4 Å². The zero-order valence-corrected chi connectivity index (χ0v) is 15.1. The highest BCUT2D eigenvalue weighted by atomic mass is 16.5. The molecule has 1 atom stereocenters. The Balaban J connectivity index is 1.63. The minimum Gasteiger partial charge on any atom is -0.481 e. The third-order valence-electron chi connectivity index (χ3n) is 5.25. The molecule has 1 N–H and O–H groups in total. The Hall–Kier alpha value is -2.38. The summed E-state index contributed by atoms with van der Waals surface area (Å²) in [5.41, 5.74) is 1.18. The minimum absolute atomic E-state index is 0.0905. The molecule has 0 radical (unpaired) electrons. The van der Waals surface area contributed by atoms with Crippen LogP contribution in [0, 0.1) is 5.92 Å². The van der Waals surface area contributed by atoms with Crippen LogP contribution >= 0.6 is 0 Å². The van der Waals surface area contributed by atoms with Gasteiger partial charge in [0.15, 0.2) is 5.69 Å². The van der Waals surface area contributed by atoms with Crippen LogP contribution in [0.4, 0.5) is 0 Å².